The molecule has 20 heavy (non-hydrogen) atoms. The monoisotopic (exact) mass is 349 g/mol. The van der Waals surface area contributed by atoms with E-state index in [2.05, 4.69) is 63.0 Å². The molecule has 1 atom stereocenters. The number of hydrogen-bond donors (Lipinski definition) is 1. The molecule has 1 N–H and O–H groups in total. The van der Waals surface area contributed by atoms with Crippen LogP contribution in [0, 0.1) is 5.92 Å². The van der Waals surface area contributed by atoms with Crippen LogP contribution in [0.5, 0.6) is 0 Å². The van der Waals surface area contributed by atoms with Crippen molar-refractivity contribution in [3.8, 4) is 0 Å². The van der Waals surface area contributed by atoms with E-state index in [1.54, 1.807) is 0 Å². The van der Waals surface area contributed by atoms with Crippen molar-refractivity contribution < 1.29 is 0 Å². The highest BCUT2D eigenvalue weighted by Gasteiger charge is 2.22. The van der Waals surface area contributed by atoms with Crippen LogP contribution >= 0.6 is 27.3 Å². The van der Waals surface area contributed by atoms with Gasteiger partial charge in [0.05, 0.1) is 0 Å². The van der Waals surface area contributed by atoms with Gasteiger partial charge >= 0.3 is 0 Å². The van der Waals surface area contributed by atoms with Crippen LogP contribution in [0.15, 0.2) is 46.3 Å². The van der Waals surface area contributed by atoms with E-state index in [-0.39, 0.29) is 0 Å². The second kappa shape index (κ2) is 6.88. The number of hydrogen-bond acceptors (Lipinski definition) is 2. The average Bonchev–Trinajstić information content (AvgIpc) is 3.15. The molecule has 1 heterocycles. The maximum atomic E-state index is 3.70. The number of halogens is 1. The molecule has 1 aliphatic carbocycles. The van der Waals surface area contributed by atoms with Crippen molar-refractivity contribution in [3.63, 3.8) is 0 Å². The van der Waals surface area contributed by atoms with Crippen molar-refractivity contribution in [2.24, 2.45) is 5.92 Å². The molecule has 3 rings (SSSR count). The van der Waals surface area contributed by atoms with Gasteiger partial charge < -0.3 is 5.32 Å². The molecular weight excluding hydrogens is 330 g/mol. The second-order valence-electron chi connectivity index (χ2n) is 5.63. The number of thiophene rings is 1. The number of benzene rings is 1. The lowest BCUT2D eigenvalue weighted by Gasteiger charge is -2.18. The molecule has 1 unspecified atom stereocenters. The summed E-state index contributed by atoms with van der Waals surface area (Å²) in [4.78, 5) is 1.50. The van der Waals surface area contributed by atoms with Crippen LogP contribution in [0.1, 0.15) is 23.3 Å². The highest BCUT2D eigenvalue weighted by atomic mass is 79.9. The zero-order chi connectivity index (χ0) is 13.8. The molecule has 1 aromatic heterocycles. The van der Waals surface area contributed by atoms with Gasteiger partial charge in [-0.1, -0.05) is 40.2 Å². The van der Waals surface area contributed by atoms with Crippen molar-refractivity contribution in [2.75, 3.05) is 6.54 Å². The summed E-state index contributed by atoms with van der Waals surface area (Å²) in [5.74, 6) is 0.674. The fourth-order valence-corrected chi connectivity index (χ4v) is 3.79. The summed E-state index contributed by atoms with van der Waals surface area (Å²) in [5.41, 5.74) is 1.42. The first-order valence-electron chi connectivity index (χ1n) is 7.30. The summed E-state index contributed by atoms with van der Waals surface area (Å²) in [6.07, 6.45) is 5.04. The summed E-state index contributed by atoms with van der Waals surface area (Å²) < 4.78 is 1.24. The Balaban J connectivity index is 1.65. The molecule has 1 aliphatic rings. The Kier molecular flexibility index (Phi) is 4.92. The van der Waals surface area contributed by atoms with Gasteiger partial charge in [0.1, 0.15) is 0 Å². The fraction of sp³-hybridized carbons (Fsp3) is 0.412. The van der Waals surface area contributed by atoms with E-state index in [0.29, 0.717) is 5.92 Å². The summed E-state index contributed by atoms with van der Waals surface area (Å²) in [5, 5.41) is 5.88. The Morgan fingerprint density at radius 2 is 2.00 bits per heavy atom. The van der Waals surface area contributed by atoms with Crippen molar-refractivity contribution >= 4 is 27.3 Å². The Bertz CT molecular complexity index is 534. The first kappa shape index (κ1) is 14.3. The molecule has 0 aliphatic heterocycles. The topological polar surface area (TPSA) is 12.0 Å². The average molecular weight is 350 g/mol. The van der Waals surface area contributed by atoms with Gasteiger partial charge in [-0.3, -0.25) is 0 Å². The maximum Gasteiger partial charge on any atom is 0.0207 e. The van der Waals surface area contributed by atoms with Gasteiger partial charge in [0.2, 0.25) is 0 Å². The molecule has 0 bridgehead atoms. The minimum absolute atomic E-state index is 0.674. The third kappa shape index (κ3) is 4.18. The van der Waals surface area contributed by atoms with Crippen LogP contribution in [0.3, 0.4) is 0 Å². The standard InChI is InChI=1S/C17H20BrNS/c18-17-6-2-1-4-14(17)10-13(12-19-15-7-8-15)11-16-5-3-9-20-16/h1-6,9,13,15,19H,7-8,10-12H2. The Morgan fingerprint density at radius 3 is 2.70 bits per heavy atom. The predicted octanol–water partition coefficient (Wildman–Crippen LogP) is 4.66. The van der Waals surface area contributed by atoms with Gasteiger partial charge in [-0.25, -0.2) is 0 Å². The Morgan fingerprint density at radius 1 is 1.15 bits per heavy atom. The lowest BCUT2D eigenvalue weighted by atomic mass is 9.95. The molecule has 0 amide bonds. The highest BCUT2D eigenvalue weighted by Crippen LogP contribution is 2.24. The summed E-state index contributed by atoms with van der Waals surface area (Å²) in [6.45, 7) is 1.13. The minimum Gasteiger partial charge on any atom is -0.314 e. The van der Waals surface area contributed by atoms with E-state index in [1.165, 1.54) is 34.2 Å². The normalized spacial score (nSPS) is 16.2. The molecule has 2 aromatic rings. The molecule has 1 fully saturated rings. The molecule has 3 heteroatoms. The van der Waals surface area contributed by atoms with Crippen LogP contribution in [-0.2, 0) is 12.8 Å². The quantitative estimate of drug-likeness (QED) is 0.766. The van der Waals surface area contributed by atoms with Crippen molar-refractivity contribution in [1.82, 2.24) is 5.32 Å². The van der Waals surface area contributed by atoms with Gasteiger partial charge in [-0.05, 0) is 61.2 Å². The van der Waals surface area contributed by atoms with Crippen LogP contribution in [0.4, 0.5) is 0 Å². The first-order chi connectivity index (χ1) is 9.81. The van der Waals surface area contributed by atoms with E-state index in [9.17, 15) is 0 Å². The molecular formula is C17H20BrNS. The lowest BCUT2D eigenvalue weighted by molar-refractivity contribution is 0.471. The Labute approximate surface area is 133 Å². The molecule has 1 nitrogen and oxygen atoms in total. The second-order valence-corrected chi connectivity index (χ2v) is 7.51. The predicted molar refractivity (Wildman–Crippen MR) is 90.4 cm³/mol. The third-order valence-corrected chi connectivity index (χ3v) is 5.48. The molecule has 106 valence electrons. The van der Waals surface area contributed by atoms with Crippen molar-refractivity contribution in [3.05, 3.63) is 56.7 Å². The van der Waals surface area contributed by atoms with Crippen molar-refractivity contribution in [2.45, 2.75) is 31.7 Å². The highest BCUT2D eigenvalue weighted by molar-refractivity contribution is 9.10. The minimum atomic E-state index is 0.674. The largest absolute Gasteiger partial charge is 0.314 e. The van der Waals surface area contributed by atoms with Crippen LogP contribution in [0.2, 0.25) is 0 Å². The molecule has 0 spiro atoms. The molecule has 1 saturated carbocycles. The molecule has 1 aromatic carbocycles. The summed E-state index contributed by atoms with van der Waals surface area (Å²) in [6, 6.07) is 13.8. The van der Waals surface area contributed by atoms with E-state index >= 15 is 0 Å². The van der Waals surface area contributed by atoms with Gasteiger partial charge in [0, 0.05) is 15.4 Å². The smallest absolute Gasteiger partial charge is 0.0207 e. The maximum absolute atomic E-state index is 3.70. The van der Waals surface area contributed by atoms with Crippen molar-refractivity contribution in [1.29, 1.82) is 0 Å². The lowest BCUT2D eigenvalue weighted by Crippen LogP contribution is -2.27. The van der Waals surface area contributed by atoms with Crippen LogP contribution in [-0.4, -0.2) is 12.6 Å². The first-order valence-corrected chi connectivity index (χ1v) is 8.97. The van der Waals surface area contributed by atoms with E-state index < -0.39 is 0 Å². The fourth-order valence-electron chi connectivity index (χ4n) is 2.53. The molecule has 0 radical (unpaired) electrons. The van der Waals surface area contributed by atoms with E-state index in [0.717, 1.165) is 19.0 Å². The SMILES string of the molecule is Brc1ccccc1CC(CNC1CC1)Cc1cccs1. The third-order valence-electron chi connectivity index (χ3n) is 3.81. The van der Waals surface area contributed by atoms with Gasteiger partial charge in [-0.15, -0.1) is 11.3 Å². The molecule has 0 saturated heterocycles. The van der Waals surface area contributed by atoms with Gasteiger partial charge in [0.15, 0.2) is 0 Å². The van der Waals surface area contributed by atoms with Gasteiger partial charge in [0.25, 0.3) is 0 Å². The van der Waals surface area contributed by atoms with Crippen LogP contribution < -0.4 is 5.32 Å². The Hall–Kier alpha value is -0.640. The van der Waals surface area contributed by atoms with E-state index in [4.69, 9.17) is 0 Å². The summed E-state index contributed by atoms with van der Waals surface area (Å²) >= 11 is 5.55. The van der Waals surface area contributed by atoms with Gasteiger partial charge in [-0.2, -0.15) is 0 Å². The zero-order valence-electron chi connectivity index (χ0n) is 11.5. The zero-order valence-corrected chi connectivity index (χ0v) is 13.9. The number of nitrogens with one attached hydrogen (secondary N) is 1. The summed E-state index contributed by atoms with van der Waals surface area (Å²) in [7, 11) is 0. The number of rotatable bonds is 7. The van der Waals surface area contributed by atoms with Crippen LogP contribution in [0.25, 0.3) is 0 Å². The van der Waals surface area contributed by atoms with E-state index in [1.807, 2.05) is 11.3 Å².